The molecule has 1 aromatic carbocycles. The Morgan fingerprint density at radius 1 is 0.938 bits per heavy atom. The number of pyridine rings is 1. The molecule has 1 aromatic heterocycles. The number of rotatable bonds is 18. The number of likely N-dealkylation sites (N-methyl/N-ethyl adjacent to an activating group) is 1. The molecule has 1 heterocycles. The fourth-order valence-corrected chi connectivity index (χ4v) is 4.82. The number of hydrogen-bond acceptors (Lipinski definition) is 9. The first-order chi connectivity index (χ1) is 22.6. The lowest BCUT2D eigenvalue weighted by molar-refractivity contribution is 0.0374. The highest BCUT2D eigenvalue weighted by Crippen LogP contribution is 2.38. The maximum Gasteiger partial charge on any atom is 0.407 e. The van der Waals surface area contributed by atoms with Crippen LogP contribution < -0.4 is 20.3 Å². The second-order valence-electron chi connectivity index (χ2n) is 13.1. The molecule has 0 atom stereocenters. The monoisotopic (exact) mass is 670 g/mol. The van der Waals surface area contributed by atoms with Crippen LogP contribution in [0.5, 0.6) is 11.5 Å². The van der Waals surface area contributed by atoms with Gasteiger partial charge in [-0.2, -0.15) is 0 Å². The third-order valence-corrected chi connectivity index (χ3v) is 7.61. The van der Waals surface area contributed by atoms with Gasteiger partial charge in [-0.1, -0.05) is 12.5 Å². The van der Waals surface area contributed by atoms with Crippen molar-refractivity contribution in [2.45, 2.75) is 60.1 Å². The number of amides is 1. The van der Waals surface area contributed by atoms with Crippen molar-refractivity contribution in [1.29, 1.82) is 0 Å². The largest absolute Gasteiger partial charge is 0.496 e. The molecule has 0 fully saturated rings. The summed E-state index contributed by atoms with van der Waals surface area (Å²) in [5.41, 5.74) is 5.67. The topological polar surface area (TPSA) is 104 Å². The van der Waals surface area contributed by atoms with Gasteiger partial charge in [-0.3, -0.25) is 4.79 Å². The summed E-state index contributed by atoms with van der Waals surface area (Å²) < 4.78 is 29.9. The number of carbonyl (C=O) groups excluding carboxylic acids is 1. The summed E-state index contributed by atoms with van der Waals surface area (Å²) in [5.74, 6) is 1.44. The Kier molecular flexibility index (Phi) is 16.2. The molecule has 2 rings (SSSR count). The number of carbonyl (C=O) groups is 1. The van der Waals surface area contributed by atoms with Gasteiger partial charge in [0.05, 0.1) is 46.2 Å². The number of ether oxygens (including phenoxy) is 5. The van der Waals surface area contributed by atoms with Crippen LogP contribution in [0.3, 0.4) is 0 Å². The number of hydrogen-bond donors (Lipinski definition) is 1. The van der Waals surface area contributed by atoms with Crippen molar-refractivity contribution >= 4 is 18.2 Å². The second kappa shape index (κ2) is 19.3. The molecule has 268 valence electrons. The predicted molar refractivity (Wildman–Crippen MR) is 194 cm³/mol. The number of benzene rings is 1. The molecule has 48 heavy (non-hydrogen) atoms. The summed E-state index contributed by atoms with van der Waals surface area (Å²) in [7, 11) is 11.1. The summed E-state index contributed by atoms with van der Waals surface area (Å²) in [6.07, 6.45) is 6.31. The molecule has 2 aromatic rings. The molecular formula is C37H58N4O7. The van der Waals surface area contributed by atoms with E-state index in [1.165, 1.54) is 0 Å². The minimum atomic E-state index is -0.534. The fourth-order valence-electron chi connectivity index (χ4n) is 4.82. The van der Waals surface area contributed by atoms with E-state index in [-0.39, 0.29) is 5.56 Å². The Morgan fingerprint density at radius 2 is 1.54 bits per heavy atom. The van der Waals surface area contributed by atoms with E-state index in [4.69, 9.17) is 23.7 Å². The lowest BCUT2D eigenvalue weighted by Crippen LogP contribution is -2.34. The number of nitrogens with one attached hydrogen (secondary N) is 1. The summed E-state index contributed by atoms with van der Waals surface area (Å²) in [6.45, 7) is 15.0. The first kappa shape index (κ1) is 40.4. The SMILES string of the molecule is CC/C(C)=C/c1c(/C=C(\C)N(C)CCOCCOCCNC(=O)OC(C)(C)C)c(-c2cc(OC)c(CN(C)C)c(OC)c2)cn(C)c1=O. The van der Waals surface area contributed by atoms with E-state index in [9.17, 15) is 9.59 Å². The van der Waals surface area contributed by atoms with E-state index in [1.807, 2.05) is 80.2 Å². The Balaban J connectivity index is 2.27. The van der Waals surface area contributed by atoms with Crippen molar-refractivity contribution in [2.24, 2.45) is 7.05 Å². The first-order valence-electron chi connectivity index (χ1n) is 16.4. The summed E-state index contributed by atoms with van der Waals surface area (Å²) in [4.78, 5) is 29.5. The zero-order valence-corrected chi connectivity index (χ0v) is 31.2. The van der Waals surface area contributed by atoms with Crippen molar-refractivity contribution in [3.8, 4) is 22.6 Å². The maximum atomic E-state index is 13.6. The molecular weight excluding hydrogens is 612 g/mol. The van der Waals surface area contributed by atoms with Crippen LogP contribution in [0.2, 0.25) is 0 Å². The van der Waals surface area contributed by atoms with E-state index in [0.29, 0.717) is 51.6 Å². The standard InChI is InChI=1S/C37H58N4O7/c1-13-26(2)20-30-29(21-27(3)40(9)15-17-47-19-18-46-16-14-38-36(43)48-37(4,5)6)31(25-41(10)35(30)42)28-22-33(44-11)32(24-39(7)8)34(23-28)45-12/h20-23,25H,13-19,24H2,1-12H3,(H,38,43)/b26-20+,27-21+. The van der Waals surface area contributed by atoms with Crippen molar-refractivity contribution in [1.82, 2.24) is 19.7 Å². The van der Waals surface area contributed by atoms with E-state index in [2.05, 4.69) is 28.1 Å². The van der Waals surface area contributed by atoms with Crippen LogP contribution in [0, 0.1) is 0 Å². The highest BCUT2D eigenvalue weighted by atomic mass is 16.6. The van der Waals surface area contributed by atoms with Gasteiger partial charge in [0.1, 0.15) is 17.1 Å². The van der Waals surface area contributed by atoms with Gasteiger partial charge in [-0.05, 0) is 90.5 Å². The first-order valence-corrected chi connectivity index (χ1v) is 16.4. The summed E-state index contributed by atoms with van der Waals surface area (Å²) >= 11 is 0. The lowest BCUT2D eigenvalue weighted by Gasteiger charge is -2.22. The number of aromatic nitrogens is 1. The number of nitrogens with zero attached hydrogens (tertiary/aromatic N) is 3. The van der Waals surface area contributed by atoms with Gasteiger partial charge in [0.25, 0.3) is 5.56 Å². The Bertz CT molecular complexity index is 1450. The number of aryl methyl sites for hydroxylation is 1. The molecule has 0 bridgehead atoms. The molecule has 1 amide bonds. The van der Waals surface area contributed by atoms with Crippen LogP contribution in [-0.2, 0) is 27.8 Å². The van der Waals surface area contributed by atoms with Gasteiger partial charge in [-0.25, -0.2) is 4.79 Å². The number of alkyl carbamates (subject to hydrolysis) is 1. The van der Waals surface area contributed by atoms with Crippen LogP contribution >= 0.6 is 0 Å². The molecule has 0 radical (unpaired) electrons. The quantitative estimate of drug-likeness (QED) is 0.197. The van der Waals surface area contributed by atoms with Gasteiger partial charge in [0.2, 0.25) is 0 Å². The Labute approximate surface area is 287 Å². The molecule has 1 N–H and O–H groups in total. The van der Waals surface area contributed by atoms with Crippen molar-refractivity contribution in [3.63, 3.8) is 0 Å². The van der Waals surface area contributed by atoms with E-state index < -0.39 is 11.7 Å². The molecule has 11 nitrogen and oxygen atoms in total. The summed E-state index contributed by atoms with van der Waals surface area (Å²) in [6, 6.07) is 4.03. The van der Waals surface area contributed by atoms with Crippen LogP contribution in [0.25, 0.3) is 23.3 Å². The average molecular weight is 671 g/mol. The zero-order valence-electron chi connectivity index (χ0n) is 31.2. The van der Waals surface area contributed by atoms with Crippen LogP contribution in [0.4, 0.5) is 4.79 Å². The third-order valence-electron chi connectivity index (χ3n) is 7.61. The van der Waals surface area contributed by atoms with Gasteiger partial charge in [0, 0.05) is 56.8 Å². The van der Waals surface area contributed by atoms with E-state index >= 15 is 0 Å². The van der Waals surface area contributed by atoms with Crippen LogP contribution in [0.1, 0.15) is 64.7 Å². The number of methoxy groups -OCH3 is 2. The molecule has 0 unspecified atom stereocenters. The molecule has 0 aliphatic heterocycles. The minimum absolute atomic E-state index is 0.0685. The van der Waals surface area contributed by atoms with E-state index in [0.717, 1.165) is 51.4 Å². The zero-order chi connectivity index (χ0) is 36.0. The van der Waals surface area contributed by atoms with Crippen molar-refractivity contribution in [2.75, 3.05) is 74.9 Å². The molecule has 0 saturated heterocycles. The maximum absolute atomic E-state index is 13.6. The normalized spacial score (nSPS) is 12.4. The third kappa shape index (κ3) is 12.7. The Morgan fingerprint density at radius 3 is 2.08 bits per heavy atom. The van der Waals surface area contributed by atoms with Crippen molar-refractivity contribution in [3.05, 3.63) is 56.6 Å². The second-order valence-corrected chi connectivity index (χ2v) is 13.1. The fraction of sp³-hybridized carbons (Fsp3) is 0.568. The van der Waals surface area contributed by atoms with Crippen LogP contribution in [-0.4, -0.2) is 101 Å². The molecule has 0 spiro atoms. The molecule has 11 heteroatoms. The van der Waals surface area contributed by atoms with Gasteiger partial charge < -0.3 is 43.4 Å². The lowest BCUT2D eigenvalue weighted by atomic mass is 9.94. The van der Waals surface area contributed by atoms with Gasteiger partial charge in [-0.15, -0.1) is 0 Å². The smallest absolute Gasteiger partial charge is 0.407 e. The highest BCUT2D eigenvalue weighted by Gasteiger charge is 2.20. The van der Waals surface area contributed by atoms with Crippen molar-refractivity contribution < 1.29 is 28.5 Å². The minimum Gasteiger partial charge on any atom is -0.496 e. The van der Waals surface area contributed by atoms with Crippen LogP contribution in [0.15, 0.2) is 34.4 Å². The van der Waals surface area contributed by atoms with Gasteiger partial charge in [0.15, 0.2) is 0 Å². The summed E-state index contributed by atoms with van der Waals surface area (Å²) in [5, 5.41) is 2.67. The Hall–Kier alpha value is -3.80. The average Bonchev–Trinajstić information content (AvgIpc) is 3.02. The number of allylic oxidation sites excluding steroid dienone is 2. The predicted octanol–water partition coefficient (Wildman–Crippen LogP) is 5.79. The molecule has 0 aliphatic rings. The van der Waals surface area contributed by atoms with E-state index in [1.54, 1.807) is 25.8 Å². The molecule has 0 saturated carbocycles. The molecule has 0 aliphatic carbocycles. The highest BCUT2D eigenvalue weighted by molar-refractivity contribution is 5.82. The van der Waals surface area contributed by atoms with Gasteiger partial charge >= 0.3 is 6.09 Å².